The summed E-state index contributed by atoms with van der Waals surface area (Å²) in [7, 11) is -2.95. The molecule has 0 spiro atoms. The maximum atomic E-state index is 11.6. The Hall–Kier alpha value is -0.840. The highest BCUT2D eigenvalue weighted by Crippen LogP contribution is 2.04. The second kappa shape index (κ2) is 4.79. The number of imidazole rings is 1. The summed E-state index contributed by atoms with van der Waals surface area (Å²) >= 11 is 0. The molecule has 0 saturated heterocycles. The van der Waals surface area contributed by atoms with Gasteiger partial charge in [0.05, 0.1) is 11.0 Å². The van der Waals surface area contributed by atoms with Gasteiger partial charge in [-0.05, 0) is 13.8 Å². The minimum atomic E-state index is -2.95. The van der Waals surface area contributed by atoms with Gasteiger partial charge in [-0.3, -0.25) is 0 Å². The molecule has 0 N–H and O–H groups in total. The fourth-order valence-corrected chi connectivity index (χ4v) is 2.24. The Bertz CT molecular complexity index is 407. The standard InChI is InChI=1S/C10H18N2O2S/c1-4-10-11-5-6-12(10)7-8-15(13,14)9(2)3/h5-6,9H,4,7-8H2,1-3H3. The zero-order valence-corrected chi connectivity index (χ0v) is 10.3. The van der Waals surface area contributed by atoms with Gasteiger partial charge < -0.3 is 4.57 Å². The zero-order chi connectivity index (χ0) is 11.5. The van der Waals surface area contributed by atoms with Gasteiger partial charge >= 0.3 is 0 Å². The Kier molecular flexibility index (Phi) is 3.90. The first-order chi connectivity index (χ1) is 6.97. The van der Waals surface area contributed by atoms with E-state index in [0.29, 0.717) is 6.54 Å². The molecule has 0 bridgehead atoms. The highest BCUT2D eigenvalue weighted by molar-refractivity contribution is 7.91. The molecule has 0 amide bonds. The number of nitrogens with zero attached hydrogens (tertiary/aromatic N) is 2. The lowest BCUT2D eigenvalue weighted by molar-refractivity contribution is 0.578. The quantitative estimate of drug-likeness (QED) is 0.765. The summed E-state index contributed by atoms with van der Waals surface area (Å²) in [6, 6.07) is 0. The van der Waals surface area contributed by atoms with Crippen LogP contribution in [0.2, 0.25) is 0 Å². The molecule has 1 aromatic heterocycles. The van der Waals surface area contributed by atoms with Crippen LogP contribution in [-0.2, 0) is 22.8 Å². The molecule has 0 saturated carbocycles. The zero-order valence-electron chi connectivity index (χ0n) is 9.47. The molecule has 1 aromatic rings. The van der Waals surface area contributed by atoms with E-state index in [1.807, 2.05) is 17.7 Å². The Morgan fingerprint density at radius 2 is 2.13 bits per heavy atom. The molecule has 15 heavy (non-hydrogen) atoms. The van der Waals surface area contributed by atoms with Gasteiger partial charge in [0.2, 0.25) is 0 Å². The average molecular weight is 230 g/mol. The first kappa shape index (κ1) is 12.2. The van der Waals surface area contributed by atoms with E-state index in [9.17, 15) is 8.42 Å². The monoisotopic (exact) mass is 230 g/mol. The fraction of sp³-hybridized carbons (Fsp3) is 0.700. The molecular weight excluding hydrogens is 212 g/mol. The maximum absolute atomic E-state index is 11.6. The van der Waals surface area contributed by atoms with Gasteiger partial charge in [0.15, 0.2) is 9.84 Å². The lowest BCUT2D eigenvalue weighted by Crippen LogP contribution is -2.21. The molecule has 5 heteroatoms. The van der Waals surface area contributed by atoms with E-state index in [0.717, 1.165) is 12.2 Å². The van der Waals surface area contributed by atoms with E-state index in [2.05, 4.69) is 4.98 Å². The third kappa shape index (κ3) is 3.06. The molecule has 86 valence electrons. The third-order valence-electron chi connectivity index (χ3n) is 2.45. The van der Waals surface area contributed by atoms with Gasteiger partial charge in [0.1, 0.15) is 5.82 Å². The topological polar surface area (TPSA) is 52.0 Å². The van der Waals surface area contributed by atoms with Crippen molar-refractivity contribution in [3.8, 4) is 0 Å². The Morgan fingerprint density at radius 1 is 1.47 bits per heavy atom. The summed E-state index contributed by atoms with van der Waals surface area (Å²) < 4.78 is 25.1. The minimum absolute atomic E-state index is 0.189. The highest BCUT2D eigenvalue weighted by atomic mass is 32.2. The molecule has 0 fully saturated rings. The van der Waals surface area contributed by atoms with Crippen LogP contribution in [-0.4, -0.2) is 29.0 Å². The molecule has 0 aliphatic carbocycles. The Labute approximate surface area is 91.3 Å². The molecule has 0 aliphatic heterocycles. The lowest BCUT2D eigenvalue weighted by Gasteiger charge is -2.09. The number of hydrogen-bond acceptors (Lipinski definition) is 3. The predicted octanol–water partition coefficient (Wildman–Crippen LogP) is 1.27. The van der Waals surface area contributed by atoms with Crippen molar-refractivity contribution in [1.29, 1.82) is 0 Å². The maximum Gasteiger partial charge on any atom is 0.154 e. The van der Waals surface area contributed by atoms with Crippen LogP contribution in [0.15, 0.2) is 12.4 Å². The van der Waals surface area contributed by atoms with E-state index < -0.39 is 9.84 Å². The first-order valence-electron chi connectivity index (χ1n) is 5.19. The van der Waals surface area contributed by atoms with Crippen LogP contribution in [0.1, 0.15) is 26.6 Å². The number of rotatable bonds is 5. The lowest BCUT2D eigenvalue weighted by atomic mass is 10.4. The molecule has 1 rings (SSSR count). The summed E-state index contributed by atoms with van der Waals surface area (Å²) in [6.45, 7) is 5.94. The van der Waals surface area contributed by atoms with Crippen molar-refractivity contribution in [3.05, 3.63) is 18.2 Å². The van der Waals surface area contributed by atoms with Gasteiger partial charge in [-0.15, -0.1) is 0 Å². The smallest absolute Gasteiger partial charge is 0.154 e. The van der Waals surface area contributed by atoms with E-state index in [4.69, 9.17) is 0 Å². The number of aryl methyl sites for hydroxylation is 2. The van der Waals surface area contributed by atoms with Gasteiger partial charge in [-0.1, -0.05) is 6.92 Å². The van der Waals surface area contributed by atoms with Gasteiger partial charge in [-0.2, -0.15) is 0 Å². The number of hydrogen-bond donors (Lipinski definition) is 0. The van der Waals surface area contributed by atoms with Crippen LogP contribution in [0.5, 0.6) is 0 Å². The van der Waals surface area contributed by atoms with Crippen molar-refractivity contribution in [2.75, 3.05) is 5.75 Å². The van der Waals surface area contributed by atoms with E-state index in [1.54, 1.807) is 20.0 Å². The van der Waals surface area contributed by atoms with E-state index >= 15 is 0 Å². The largest absolute Gasteiger partial charge is 0.334 e. The fourth-order valence-electron chi connectivity index (χ4n) is 1.32. The van der Waals surface area contributed by atoms with Crippen LogP contribution in [0.4, 0.5) is 0 Å². The molecule has 0 unspecified atom stereocenters. The average Bonchev–Trinajstić information content (AvgIpc) is 2.61. The molecule has 1 heterocycles. The van der Waals surface area contributed by atoms with Crippen LogP contribution in [0, 0.1) is 0 Å². The van der Waals surface area contributed by atoms with Crippen molar-refractivity contribution < 1.29 is 8.42 Å². The van der Waals surface area contributed by atoms with Crippen molar-refractivity contribution in [2.24, 2.45) is 0 Å². The highest BCUT2D eigenvalue weighted by Gasteiger charge is 2.16. The molecule has 4 nitrogen and oxygen atoms in total. The molecule has 0 atom stereocenters. The summed E-state index contributed by atoms with van der Waals surface area (Å²) in [5.74, 6) is 1.13. The molecule has 0 aromatic carbocycles. The first-order valence-corrected chi connectivity index (χ1v) is 6.90. The second-order valence-corrected chi connectivity index (χ2v) is 6.48. The van der Waals surface area contributed by atoms with Gasteiger partial charge in [-0.25, -0.2) is 13.4 Å². The Morgan fingerprint density at radius 3 is 2.67 bits per heavy atom. The molecule has 0 radical (unpaired) electrons. The normalized spacial score (nSPS) is 12.3. The summed E-state index contributed by atoms with van der Waals surface area (Å²) in [5, 5.41) is -0.300. The third-order valence-corrected chi connectivity index (χ3v) is 4.64. The summed E-state index contributed by atoms with van der Waals surface area (Å²) in [4.78, 5) is 4.15. The second-order valence-electron chi connectivity index (χ2n) is 3.81. The predicted molar refractivity (Wildman–Crippen MR) is 60.5 cm³/mol. The summed E-state index contributed by atoms with van der Waals surface area (Å²) in [6.07, 6.45) is 4.37. The number of aromatic nitrogens is 2. The van der Waals surface area contributed by atoms with Crippen LogP contribution >= 0.6 is 0 Å². The van der Waals surface area contributed by atoms with Crippen LogP contribution in [0.25, 0.3) is 0 Å². The summed E-state index contributed by atoms with van der Waals surface area (Å²) in [5.41, 5.74) is 0. The minimum Gasteiger partial charge on any atom is -0.334 e. The Balaban J connectivity index is 2.66. The van der Waals surface area contributed by atoms with Crippen LogP contribution in [0.3, 0.4) is 0 Å². The molecule has 0 aliphatic rings. The van der Waals surface area contributed by atoms with Crippen LogP contribution < -0.4 is 0 Å². The number of sulfone groups is 1. The van der Waals surface area contributed by atoms with E-state index in [1.165, 1.54) is 0 Å². The van der Waals surface area contributed by atoms with Gasteiger partial charge in [0.25, 0.3) is 0 Å². The van der Waals surface area contributed by atoms with Crippen molar-refractivity contribution >= 4 is 9.84 Å². The molecular formula is C10H18N2O2S. The van der Waals surface area contributed by atoms with Crippen molar-refractivity contribution in [3.63, 3.8) is 0 Å². The SMILES string of the molecule is CCc1nccn1CCS(=O)(=O)C(C)C. The van der Waals surface area contributed by atoms with Crippen molar-refractivity contribution in [1.82, 2.24) is 9.55 Å². The van der Waals surface area contributed by atoms with Gasteiger partial charge in [0, 0.05) is 25.4 Å². The van der Waals surface area contributed by atoms with Crippen molar-refractivity contribution in [2.45, 2.75) is 39.0 Å². The van der Waals surface area contributed by atoms with E-state index in [-0.39, 0.29) is 11.0 Å².